The number of rotatable bonds is 4. The Bertz CT molecular complexity index is 852. The van der Waals surface area contributed by atoms with Gasteiger partial charge in [0.2, 0.25) is 0 Å². The van der Waals surface area contributed by atoms with Crippen molar-refractivity contribution in [3.8, 4) is 5.75 Å². The van der Waals surface area contributed by atoms with E-state index in [1.807, 2.05) is 30.3 Å². The van der Waals surface area contributed by atoms with Crippen LogP contribution < -0.4 is 10.9 Å². The number of phenolic OH excluding ortho intramolecular Hbond substituents is 1. The predicted octanol–water partition coefficient (Wildman–Crippen LogP) is 5.04. The van der Waals surface area contributed by atoms with E-state index in [0.717, 1.165) is 10.8 Å². The van der Waals surface area contributed by atoms with Gasteiger partial charge in [0, 0.05) is 5.39 Å². The number of nitroso groups, excluding NO2 is 1. The van der Waals surface area contributed by atoms with Crippen molar-refractivity contribution in [2.75, 3.05) is 10.9 Å². The van der Waals surface area contributed by atoms with E-state index in [9.17, 15) is 10.0 Å². The maximum Gasteiger partial charge on any atom is 0.141 e. The summed E-state index contributed by atoms with van der Waals surface area (Å²) in [6.45, 7) is 0. The molecule has 0 fully saturated rings. The van der Waals surface area contributed by atoms with E-state index in [1.54, 1.807) is 18.2 Å². The fourth-order valence-corrected chi connectivity index (χ4v) is 2.41. The van der Waals surface area contributed by atoms with Gasteiger partial charge in [-0.25, -0.2) is 0 Å². The highest BCUT2D eigenvalue weighted by atomic mass is 35.5. The number of hydrogen-bond acceptors (Lipinski definition) is 5. The highest BCUT2D eigenvalue weighted by Crippen LogP contribution is 2.33. The molecule has 3 N–H and O–H groups in total. The second-order valence-corrected chi connectivity index (χ2v) is 5.09. The third-order valence-electron chi connectivity index (χ3n) is 3.29. The first-order valence-corrected chi connectivity index (χ1v) is 6.92. The van der Waals surface area contributed by atoms with Crippen LogP contribution in [0.3, 0.4) is 0 Å². The lowest BCUT2D eigenvalue weighted by Gasteiger charge is -2.14. The van der Waals surface area contributed by atoms with Crippen LogP contribution >= 0.6 is 11.6 Å². The third kappa shape index (κ3) is 2.66. The van der Waals surface area contributed by atoms with Gasteiger partial charge in [-0.05, 0) is 34.8 Å². The van der Waals surface area contributed by atoms with Gasteiger partial charge in [-0.15, -0.1) is 4.91 Å². The van der Waals surface area contributed by atoms with Gasteiger partial charge >= 0.3 is 0 Å². The molecule has 5 nitrogen and oxygen atoms in total. The van der Waals surface area contributed by atoms with Crippen LogP contribution in [-0.4, -0.2) is 5.11 Å². The zero-order valence-electron chi connectivity index (χ0n) is 11.4. The van der Waals surface area contributed by atoms with Gasteiger partial charge in [0.25, 0.3) is 0 Å². The van der Waals surface area contributed by atoms with Gasteiger partial charge in [0.1, 0.15) is 17.1 Å². The summed E-state index contributed by atoms with van der Waals surface area (Å²) in [6, 6.07) is 15.8. The first-order valence-electron chi connectivity index (χ1n) is 6.54. The quantitative estimate of drug-likeness (QED) is 0.358. The largest absolute Gasteiger partial charge is 0.506 e. The number of anilines is 2. The van der Waals surface area contributed by atoms with E-state index in [0.29, 0.717) is 16.4 Å². The molecule has 0 bridgehead atoms. The predicted molar refractivity (Wildman–Crippen MR) is 89.8 cm³/mol. The number of hydrazine groups is 1. The summed E-state index contributed by atoms with van der Waals surface area (Å²) >= 11 is 6.07. The van der Waals surface area contributed by atoms with Crippen molar-refractivity contribution in [2.24, 2.45) is 5.18 Å². The molecule has 0 spiro atoms. The Labute approximate surface area is 131 Å². The third-order valence-corrected chi connectivity index (χ3v) is 3.60. The molecule has 110 valence electrons. The Hall–Kier alpha value is -2.79. The van der Waals surface area contributed by atoms with Crippen molar-refractivity contribution in [1.29, 1.82) is 0 Å². The molecule has 0 saturated heterocycles. The van der Waals surface area contributed by atoms with E-state index in [1.165, 1.54) is 6.07 Å². The lowest BCUT2D eigenvalue weighted by molar-refractivity contribution is 0.478. The summed E-state index contributed by atoms with van der Waals surface area (Å²) in [7, 11) is 0. The van der Waals surface area contributed by atoms with Crippen LogP contribution in [0.15, 0.2) is 59.8 Å². The van der Waals surface area contributed by atoms with Crippen molar-refractivity contribution >= 4 is 39.4 Å². The summed E-state index contributed by atoms with van der Waals surface area (Å²) in [6.07, 6.45) is 0. The normalized spacial score (nSPS) is 10.4. The van der Waals surface area contributed by atoms with Crippen LogP contribution in [0, 0.1) is 4.91 Å². The lowest BCUT2D eigenvalue weighted by atomic mass is 10.1. The number of halogens is 1. The van der Waals surface area contributed by atoms with E-state index < -0.39 is 0 Å². The molecule has 0 atom stereocenters. The molecule has 22 heavy (non-hydrogen) atoms. The maximum atomic E-state index is 10.5. The second-order valence-electron chi connectivity index (χ2n) is 4.69. The molecule has 0 amide bonds. The Morgan fingerprint density at radius 3 is 2.59 bits per heavy atom. The van der Waals surface area contributed by atoms with Crippen molar-refractivity contribution in [3.05, 3.63) is 64.5 Å². The lowest BCUT2D eigenvalue weighted by Crippen LogP contribution is -2.09. The standard InChI is InChI=1S/C16H12ClN3O2/c17-13-9-11(20-22)6-7-14(13)18-19-16-12-4-2-1-3-10(12)5-8-15(16)21/h1-9,18-19,21H. The van der Waals surface area contributed by atoms with Crippen LogP contribution in [0.5, 0.6) is 5.75 Å². The Morgan fingerprint density at radius 1 is 1.00 bits per heavy atom. The summed E-state index contributed by atoms with van der Waals surface area (Å²) < 4.78 is 0. The van der Waals surface area contributed by atoms with Gasteiger partial charge in [0.05, 0.1) is 10.7 Å². The highest BCUT2D eigenvalue weighted by molar-refractivity contribution is 6.33. The Morgan fingerprint density at radius 2 is 1.82 bits per heavy atom. The van der Waals surface area contributed by atoms with Crippen LogP contribution in [0.1, 0.15) is 0 Å². The van der Waals surface area contributed by atoms with Crippen LogP contribution in [0.2, 0.25) is 5.02 Å². The fourth-order valence-electron chi connectivity index (χ4n) is 2.18. The first-order chi connectivity index (χ1) is 10.7. The van der Waals surface area contributed by atoms with Crippen LogP contribution in [0.4, 0.5) is 17.1 Å². The number of nitrogens with one attached hydrogen (secondary N) is 2. The molecule has 3 aromatic rings. The van der Waals surface area contributed by atoms with E-state index in [2.05, 4.69) is 16.0 Å². The number of nitrogens with zero attached hydrogens (tertiary/aromatic N) is 1. The van der Waals surface area contributed by atoms with Gasteiger partial charge < -0.3 is 5.11 Å². The molecular formula is C16H12ClN3O2. The number of phenols is 1. The molecule has 0 heterocycles. The molecule has 0 radical (unpaired) electrons. The Kier molecular flexibility index (Phi) is 3.80. The van der Waals surface area contributed by atoms with Gasteiger partial charge in [-0.1, -0.05) is 41.9 Å². The number of benzene rings is 3. The number of hydrogen-bond donors (Lipinski definition) is 3. The van der Waals surface area contributed by atoms with Crippen molar-refractivity contribution in [3.63, 3.8) is 0 Å². The molecule has 3 aromatic carbocycles. The minimum absolute atomic E-state index is 0.119. The molecule has 6 heteroatoms. The summed E-state index contributed by atoms with van der Waals surface area (Å²) in [5, 5.41) is 15.1. The molecule has 0 aliphatic heterocycles. The molecule has 0 aliphatic rings. The van der Waals surface area contributed by atoms with Crippen LogP contribution in [0.25, 0.3) is 10.8 Å². The highest BCUT2D eigenvalue weighted by Gasteiger charge is 2.07. The summed E-state index contributed by atoms with van der Waals surface area (Å²) in [5.74, 6) is 0.119. The number of fused-ring (bicyclic) bond motifs is 1. The zero-order valence-corrected chi connectivity index (χ0v) is 12.1. The average molecular weight is 314 g/mol. The van der Waals surface area contributed by atoms with Gasteiger partial charge in [0.15, 0.2) is 0 Å². The van der Waals surface area contributed by atoms with E-state index in [4.69, 9.17) is 11.6 Å². The minimum atomic E-state index is 0.119. The molecular weight excluding hydrogens is 302 g/mol. The maximum absolute atomic E-state index is 10.5. The fraction of sp³-hybridized carbons (Fsp3) is 0. The van der Waals surface area contributed by atoms with Gasteiger partial charge in [-0.3, -0.25) is 10.9 Å². The second kappa shape index (κ2) is 5.91. The first kappa shape index (κ1) is 14.2. The molecule has 0 aliphatic carbocycles. The molecule has 0 unspecified atom stereocenters. The number of aromatic hydroxyl groups is 1. The summed E-state index contributed by atoms with van der Waals surface area (Å²) in [4.78, 5) is 10.5. The van der Waals surface area contributed by atoms with Crippen molar-refractivity contribution in [2.45, 2.75) is 0 Å². The average Bonchev–Trinajstić information content (AvgIpc) is 2.55. The molecule has 0 saturated carbocycles. The summed E-state index contributed by atoms with van der Waals surface area (Å²) in [5.41, 5.74) is 7.26. The zero-order chi connectivity index (χ0) is 15.5. The van der Waals surface area contributed by atoms with Gasteiger partial charge in [-0.2, -0.15) is 0 Å². The van der Waals surface area contributed by atoms with Crippen LogP contribution in [-0.2, 0) is 0 Å². The van der Waals surface area contributed by atoms with Crippen molar-refractivity contribution < 1.29 is 5.11 Å². The topological polar surface area (TPSA) is 73.7 Å². The molecule has 0 aromatic heterocycles. The molecule has 3 rings (SSSR count). The van der Waals surface area contributed by atoms with Crippen molar-refractivity contribution in [1.82, 2.24) is 0 Å². The Balaban J connectivity index is 1.91. The smallest absolute Gasteiger partial charge is 0.141 e. The SMILES string of the molecule is O=Nc1ccc(NNc2c(O)ccc3ccccc23)c(Cl)c1. The van der Waals surface area contributed by atoms with E-state index in [-0.39, 0.29) is 11.4 Å². The van der Waals surface area contributed by atoms with E-state index >= 15 is 0 Å². The monoisotopic (exact) mass is 313 g/mol. The minimum Gasteiger partial charge on any atom is -0.506 e.